The van der Waals surface area contributed by atoms with Crippen molar-refractivity contribution in [2.75, 3.05) is 5.32 Å². The number of benzene rings is 2. The third-order valence-corrected chi connectivity index (χ3v) is 4.88. The van der Waals surface area contributed by atoms with Crippen LogP contribution in [0, 0.1) is 6.92 Å². The fourth-order valence-electron chi connectivity index (χ4n) is 2.80. The molecule has 2 aromatic carbocycles. The lowest BCUT2D eigenvalue weighted by Gasteiger charge is -2.12. The van der Waals surface area contributed by atoms with Gasteiger partial charge in [-0.1, -0.05) is 16.6 Å². The molecule has 0 radical (unpaired) electrons. The number of amides is 1. The summed E-state index contributed by atoms with van der Waals surface area (Å²) in [7, 11) is 0. The third kappa shape index (κ3) is 3.22. The van der Waals surface area contributed by atoms with Crippen LogP contribution < -0.4 is 5.32 Å². The van der Waals surface area contributed by atoms with Gasteiger partial charge in [0.1, 0.15) is 4.88 Å². The second-order valence-electron chi connectivity index (χ2n) is 5.95. The average molecular weight is 403 g/mol. The van der Waals surface area contributed by atoms with Crippen LogP contribution in [-0.2, 0) is 6.18 Å². The number of fused-ring (bicyclic) bond motifs is 1. The van der Waals surface area contributed by atoms with Crippen LogP contribution >= 0.6 is 11.5 Å². The second kappa shape index (κ2) is 6.71. The number of aromatic nitrogens is 4. The first-order valence-corrected chi connectivity index (χ1v) is 8.87. The molecule has 4 rings (SSSR count). The first-order valence-electron chi connectivity index (χ1n) is 8.10. The Balaban J connectivity index is 1.70. The number of hydrogen-bond acceptors (Lipinski definition) is 5. The van der Waals surface area contributed by atoms with Crippen molar-refractivity contribution in [3.8, 4) is 5.69 Å². The molecule has 142 valence electrons. The van der Waals surface area contributed by atoms with Crippen LogP contribution in [0.1, 0.15) is 21.2 Å². The van der Waals surface area contributed by atoms with E-state index in [4.69, 9.17) is 0 Å². The molecule has 4 aromatic rings. The molecule has 28 heavy (non-hydrogen) atoms. The maximum Gasteiger partial charge on any atom is 0.450 e. The van der Waals surface area contributed by atoms with E-state index in [2.05, 4.69) is 19.9 Å². The van der Waals surface area contributed by atoms with E-state index >= 15 is 0 Å². The number of halogens is 3. The molecule has 10 heteroatoms. The third-order valence-electron chi connectivity index (χ3n) is 4.06. The molecule has 1 N–H and O–H groups in total. The van der Waals surface area contributed by atoms with Crippen LogP contribution in [-0.4, -0.2) is 25.0 Å². The highest BCUT2D eigenvalue weighted by Crippen LogP contribution is 2.34. The van der Waals surface area contributed by atoms with Gasteiger partial charge in [-0.2, -0.15) is 13.2 Å². The molecule has 0 aliphatic rings. The van der Waals surface area contributed by atoms with Gasteiger partial charge in [0.25, 0.3) is 5.91 Å². The van der Waals surface area contributed by atoms with Crippen LogP contribution in [0.5, 0.6) is 0 Å². The van der Waals surface area contributed by atoms with Crippen molar-refractivity contribution in [1.29, 1.82) is 0 Å². The Morgan fingerprint density at radius 2 is 1.82 bits per heavy atom. The molecular weight excluding hydrogens is 391 g/mol. The molecule has 0 saturated heterocycles. The van der Waals surface area contributed by atoms with E-state index in [0.29, 0.717) is 21.8 Å². The lowest BCUT2D eigenvalue weighted by Crippen LogP contribution is -2.14. The number of carbonyl (C=O) groups is 1. The zero-order valence-corrected chi connectivity index (χ0v) is 15.2. The summed E-state index contributed by atoms with van der Waals surface area (Å²) < 4.78 is 45.2. The number of alkyl halides is 3. The van der Waals surface area contributed by atoms with Crippen LogP contribution in [0.2, 0.25) is 0 Å². The number of rotatable bonds is 3. The Labute approximate surface area is 160 Å². The molecule has 6 nitrogen and oxygen atoms in total. The van der Waals surface area contributed by atoms with Gasteiger partial charge in [-0.15, -0.1) is 5.10 Å². The van der Waals surface area contributed by atoms with E-state index in [1.165, 1.54) is 30.3 Å². The topological polar surface area (TPSA) is 72.7 Å². The normalized spacial score (nSPS) is 11.7. The molecule has 0 fully saturated rings. The molecule has 0 atom stereocenters. The van der Waals surface area contributed by atoms with Gasteiger partial charge in [-0.25, -0.2) is 4.98 Å². The largest absolute Gasteiger partial charge is 0.450 e. The highest BCUT2D eigenvalue weighted by atomic mass is 32.1. The summed E-state index contributed by atoms with van der Waals surface area (Å²) in [5.41, 5.74) is 1.84. The van der Waals surface area contributed by atoms with Crippen molar-refractivity contribution in [2.45, 2.75) is 13.1 Å². The molecule has 0 saturated carbocycles. The van der Waals surface area contributed by atoms with Crippen molar-refractivity contribution in [2.24, 2.45) is 0 Å². The summed E-state index contributed by atoms with van der Waals surface area (Å²) in [4.78, 5) is 16.3. The van der Waals surface area contributed by atoms with Gasteiger partial charge in [-0.05, 0) is 54.9 Å². The second-order valence-corrected chi connectivity index (χ2v) is 6.70. The number of nitrogens with zero attached hydrogens (tertiary/aromatic N) is 4. The SMILES string of the molecule is Cc1nnsc1C(=O)Nc1ccc(-n2c(C(F)(F)F)nc3ccccc32)cc1. The monoisotopic (exact) mass is 403 g/mol. The minimum Gasteiger partial charge on any atom is -0.321 e. The summed E-state index contributed by atoms with van der Waals surface area (Å²) >= 11 is 0.974. The molecule has 0 spiro atoms. The molecular formula is C18H12F3N5OS. The first-order chi connectivity index (χ1) is 13.3. The van der Waals surface area contributed by atoms with E-state index in [1.807, 2.05) is 0 Å². The predicted octanol–water partition coefficient (Wildman–Crippen LogP) is 4.46. The molecule has 2 heterocycles. The van der Waals surface area contributed by atoms with Crippen molar-refractivity contribution < 1.29 is 18.0 Å². The minimum absolute atomic E-state index is 0.250. The number of para-hydroxylation sites is 2. The van der Waals surface area contributed by atoms with Crippen LogP contribution in [0.3, 0.4) is 0 Å². The number of imidazole rings is 1. The molecule has 1 amide bonds. The average Bonchev–Trinajstić information content (AvgIpc) is 3.26. The van der Waals surface area contributed by atoms with Gasteiger partial charge in [-0.3, -0.25) is 9.36 Å². The van der Waals surface area contributed by atoms with E-state index in [1.54, 1.807) is 25.1 Å². The van der Waals surface area contributed by atoms with Gasteiger partial charge >= 0.3 is 6.18 Å². The number of aryl methyl sites for hydroxylation is 1. The number of nitrogens with one attached hydrogen (secondary N) is 1. The number of carbonyl (C=O) groups excluding carboxylic acids is 1. The Kier molecular flexibility index (Phi) is 4.34. The summed E-state index contributed by atoms with van der Waals surface area (Å²) in [6, 6.07) is 12.5. The van der Waals surface area contributed by atoms with Crippen LogP contribution in [0.4, 0.5) is 18.9 Å². The predicted molar refractivity (Wildman–Crippen MR) is 98.7 cm³/mol. The van der Waals surface area contributed by atoms with Crippen LogP contribution in [0.15, 0.2) is 48.5 Å². The smallest absolute Gasteiger partial charge is 0.321 e. The standard InChI is InChI=1S/C18H12F3N5OS/c1-10-15(28-25-24-10)16(27)22-11-6-8-12(9-7-11)26-14-5-3-2-4-13(14)23-17(26)18(19,20)21/h2-9H,1H3,(H,22,27). The highest BCUT2D eigenvalue weighted by Gasteiger charge is 2.38. The van der Waals surface area contributed by atoms with E-state index < -0.39 is 12.0 Å². The zero-order valence-electron chi connectivity index (χ0n) is 14.4. The Hall–Kier alpha value is -3.27. The Bertz CT molecular complexity index is 1160. The van der Waals surface area contributed by atoms with E-state index in [0.717, 1.165) is 16.1 Å². The summed E-state index contributed by atoms with van der Waals surface area (Å²) in [6.45, 7) is 1.67. The van der Waals surface area contributed by atoms with Gasteiger partial charge in [0.05, 0.1) is 16.7 Å². The fraction of sp³-hybridized carbons (Fsp3) is 0.111. The number of anilines is 1. The minimum atomic E-state index is -4.61. The van der Waals surface area contributed by atoms with Crippen LogP contribution in [0.25, 0.3) is 16.7 Å². The highest BCUT2D eigenvalue weighted by molar-refractivity contribution is 7.08. The molecule has 0 bridgehead atoms. The first kappa shape index (κ1) is 18.1. The Morgan fingerprint density at radius 3 is 2.46 bits per heavy atom. The molecule has 0 unspecified atom stereocenters. The number of hydrogen-bond donors (Lipinski definition) is 1. The van der Waals surface area contributed by atoms with E-state index in [9.17, 15) is 18.0 Å². The maximum atomic E-state index is 13.5. The fourth-order valence-corrected chi connectivity index (χ4v) is 3.35. The van der Waals surface area contributed by atoms with Crippen molar-refractivity contribution in [3.05, 3.63) is 64.9 Å². The summed E-state index contributed by atoms with van der Waals surface area (Å²) in [5, 5.41) is 6.46. The van der Waals surface area contributed by atoms with Gasteiger partial charge in [0.15, 0.2) is 0 Å². The summed E-state index contributed by atoms with van der Waals surface area (Å²) in [6.07, 6.45) is -4.61. The lowest BCUT2D eigenvalue weighted by molar-refractivity contribution is -0.145. The Morgan fingerprint density at radius 1 is 1.11 bits per heavy atom. The molecule has 2 aromatic heterocycles. The zero-order chi connectivity index (χ0) is 19.9. The lowest BCUT2D eigenvalue weighted by atomic mass is 10.2. The van der Waals surface area contributed by atoms with Crippen molar-refractivity contribution in [1.82, 2.24) is 19.1 Å². The van der Waals surface area contributed by atoms with Gasteiger partial charge < -0.3 is 5.32 Å². The molecule has 0 aliphatic heterocycles. The van der Waals surface area contributed by atoms with Gasteiger partial charge in [0, 0.05) is 11.4 Å². The van der Waals surface area contributed by atoms with Crippen molar-refractivity contribution in [3.63, 3.8) is 0 Å². The molecule has 0 aliphatic carbocycles. The van der Waals surface area contributed by atoms with Crippen molar-refractivity contribution >= 4 is 34.2 Å². The quantitative estimate of drug-likeness (QED) is 0.548. The van der Waals surface area contributed by atoms with Gasteiger partial charge in [0.2, 0.25) is 5.82 Å². The van der Waals surface area contributed by atoms with E-state index in [-0.39, 0.29) is 17.1 Å². The summed E-state index contributed by atoms with van der Waals surface area (Å²) in [5.74, 6) is -1.37. The maximum absolute atomic E-state index is 13.5.